The third-order valence-corrected chi connectivity index (χ3v) is 10.0. The van der Waals surface area contributed by atoms with Gasteiger partial charge in [-0.05, 0) is 77.1 Å². The molecule has 0 aliphatic carbocycles. The van der Waals surface area contributed by atoms with Crippen LogP contribution in [0.25, 0.3) is 0 Å². The van der Waals surface area contributed by atoms with E-state index in [0.29, 0.717) is 36.0 Å². The fourth-order valence-electron chi connectivity index (χ4n) is 5.56. The molecule has 4 rings (SSSR count). The molecule has 1 aromatic carbocycles. The third kappa shape index (κ3) is 14.2. The Hall–Kier alpha value is -4.45. The molecule has 0 radical (unpaired) electrons. The van der Waals surface area contributed by atoms with Crippen molar-refractivity contribution in [1.29, 1.82) is 0 Å². The lowest BCUT2D eigenvalue weighted by Gasteiger charge is -2.37. The van der Waals surface area contributed by atoms with Crippen molar-refractivity contribution in [3.63, 3.8) is 0 Å². The number of carboxylic acid groups (broad SMARTS) is 1. The van der Waals surface area contributed by atoms with Crippen LogP contribution >= 0.6 is 11.3 Å². The Bertz CT molecular complexity index is 1750. The molecule has 1 saturated heterocycles. The van der Waals surface area contributed by atoms with E-state index in [-0.39, 0.29) is 42.0 Å². The number of fused-ring (bicyclic) bond motifs is 1. The minimum atomic E-state index is -5.02. The highest BCUT2D eigenvalue weighted by molar-refractivity contribution is 7.80. The first-order valence-electron chi connectivity index (χ1n) is 17.9. The fourth-order valence-corrected chi connectivity index (χ4v) is 6.54. The number of benzene rings is 1. The number of nitrogen functional groups attached to an aromatic ring is 1. The molecule has 56 heavy (non-hydrogen) atoms. The van der Waals surface area contributed by atoms with E-state index >= 15 is 0 Å². The van der Waals surface area contributed by atoms with Gasteiger partial charge in [0.25, 0.3) is 12.4 Å². The van der Waals surface area contributed by atoms with Gasteiger partial charge in [-0.15, -0.1) is 15.6 Å². The summed E-state index contributed by atoms with van der Waals surface area (Å²) in [5.74, 6) is 0.368. The monoisotopic (exact) mass is 829 g/mol. The molecule has 2 aliphatic rings. The molecule has 1 fully saturated rings. The fraction of sp³-hybridized carbons (Fsp3) is 0.588. The summed E-state index contributed by atoms with van der Waals surface area (Å²) in [4.78, 5) is 50.3. The van der Waals surface area contributed by atoms with E-state index in [1.54, 1.807) is 6.92 Å². The summed E-state index contributed by atoms with van der Waals surface area (Å²) in [6, 6.07) is 4.85. The number of anilines is 1. The number of hydrogen-bond acceptors (Lipinski definition) is 16. The SMILES string of the molecule is CC.CC(O/N=C(\C(=O)NC(C)C(C)(C)N(C=O)OS(=O)(=O)O)c1csc(N)n1)C1CCc2cc(C(N)=NC3CCN(CC(O)CN)CC3)ccc2O1.O=CO. The number of aliphatic hydroxyl groups excluding tert-OH is 1. The molecular formula is C34H55N9O11S2. The standard InChI is InChI=1S/C31H47N9O9S2.C2H6.CH2O2/c1-18(48-38-27(24-16-50-30(34)37-24)29(43)35-19(2)31(3,4)40(17-41)49-51(44,45)46)25-7-5-20-13-21(6-8-26(20)47-25)28(33)36-22-9-11-39(12-10-22)15-23(42)14-32;1-2;2-1-3/h6,8,13,16-19,22-23,25,42H,5,7,9-12,14-15,32H2,1-4H3,(H2,33,36)(H2,34,37)(H,35,43)(H,44,45,46);1-2H3;1H,(H,2,3)/b38-27-;;. The number of carbonyl (C=O) groups is 3. The maximum atomic E-state index is 13.5. The Morgan fingerprint density at radius 2 is 1.88 bits per heavy atom. The number of likely N-dealkylation sites (tertiary alicyclic amines) is 1. The summed E-state index contributed by atoms with van der Waals surface area (Å²) >= 11 is 1.08. The van der Waals surface area contributed by atoms with Crippen LogP contribution < -0.4 is 27.3 Å². The van der Waals surface area contributed by atoms with Crippen molar-refractivity contribution in [3.8, 4) is 5.75 Å². The van der Waals surface area contributed by atoms with Gasteiger partial charge in [0.2, 0.25) is 6.41 Å². The molecule has 3 heterocycles. The molecule has 22 heteroatoms. The van der Waals surface area contributed by atoms with E-state index < -0.39 is 46.2 Å². The number of rotatable bonds is 16. The largest absolute Gasteiger partial charge is 0.486 e. The van der Waals surface area contributed by atoms with Crippen molar-refractivity contribution in [2.45, 2.75) is 103 Å². The number of hydrogen-bond donors (Lipinski definition) is 7. The third-order valence-electron chi connectivity index (χ3n) is 9.01. The number of β-amino-alcohol motifs (C(OH)–C–C–N with tert-alkyl or cyclic N) is 1. The number of nitrogens with zero attached hydrogens (tertiary/aromatic N) is 5. The highest BCUT2D eigenvalue weighted by Crippen LogP contribution is 2.31. The summed E-state index contributed by atoms with van der Waals surface area (Å²) in [6.45, 7) is 12.3. The van der Waals surface area contributed by atoms with Gasteiger partial charge in [-0.25, -0.2) is 4.98 Å². The van der Waals surface area contributed by atoms with Gasteiger partial charge in [-0.3, -0.25) is 23.9 Å². The molecule has 4 unspecified atom stereocenters. The lowest BCUT2D eigenvalue weighted by atomic mass is 9.95. The van der Waals surface area contributed by atoms with Crippen molar-refractivity contribution >= 4 is 57.2 Å². The van der Waals surface area contributed by atoms with Crippen LogP contribution in [-0.4, -0.2) is 131 Å². The summed E-state index contributed by atoms with van der Waals surface area (Å²) < 4.78 is 42.2. The molecule has 10 N–H and O–H groups in total. The van der Waals surface area contributed by atoms with Crippen molar-refractivity contribution in [1.82, 2.24) is 20.3 Å². The van der Waals surface area contributed by atoms with Gasteiger partial charge in [-0.1, -0.05) is 19.0 Å². The van der Waals surface area contributed by atoms with E-state index in [2.05, 4.69) is 24.6 Å². The highest BCUT2D eigenvalue weighted by atomic mass is 32.3. The number of thiazole rings is 1. The van der Waals surface area contributed by atoms with Gasteiger partial charge in [0, 0.05) is 37.1 Å². The Labute approximate surface area is 331 Å². The molecule has 4 atom stereocenters. The number of ether oxygens (including phenoxy) is 1. The zero-order valence-electron chi connectivity index (χ0n) is 32.4. The zero-order chi connectivity index (χ0) is 42.2. The zero-order valence-corrected chi connectivity index (χ0v) is 34.0. The first kappa shape index (κ1) is 47.7. The first-order valence-corrected chi connectivity index (χ1v) is 20.2. The Balaban J connectivity index is 0.00000206. The second-order valence-corrected chi connectivity index (χ2v) is 15.1. The summed E-state index contributed by atoms with van der Waals surface area (Å²) in [5.41, 5.74) is 18.0. The Morgan fingerprint density at radius 1 is 1.23 bits per heavy atom. The number of nitrogens with one attached hydrogen (secondary N) is 1. The smallest absolute Gasteiger partial charge is 0.418 e. The molecule has 0 bridgehead atoms. The lowest BCUT2D eigenvalue weighted by molar-refractivity contribution is -0.166. The van der Waals surface area contributed by atoms with Crippen LogP contribution in [0.4, 0.5) is 5.13 Å². The van der Waals surface area contributed by atoms with Crippen molar-refractivity contribution < 1.29 is 51.4 Å². The number of hydroxylamine groups is 2. The normalized spacial score (nSPS) is 18.3. The van der Waals surface area contributed by atoms with Gasteiger partial charge in [0.1, 0.15) is 23.4 Å². The molecule has 2 aliphatic heterocycles. The number of aliphatic hydroxyl groups is 1. The van der Waals surface area contributed by atoms with Crippen LogP contribution in [0.2, 0.25) is 0 Å². The molecule has 20 nitrogen and oxygen atoms in total. The second kappa shape index (κ2) is 22.3. The van der Waals surface area contributed by atoms with Crippen LogP contribution in [0.5, 0.6) is 5.75 Å². The predicted octanol–water partition coefficient (Wildman–Crippen LogP) is 0.921. The van der Waals surface area contributed by atoms with E-state index in [1.807, 2.05) is 32.0 Å². The van der Waals surface area contributed by atoms with Crippen LogP contribution in [0.3, 0.4) is 0 Å². The van der Waals surface area contributed by atoms with E-state index in [1.165, 1.54) is 26.2 Å². The van der Waals surface area contributed by atoms with Gasteiger partial charge >= 0.3 is 10.4 Å². The van der Waals surface area contributed by atoms with Crippen LogP contribution in [0.1, 0.15) is 77.6 Å². The van der Waals surface area contributed by atoms with Crippen molar-refractivity contribution in [2.75, 3.05) is 31.9 Å². The van der Waals surface area contributed by atoms with Gasteiger partial charge < -0.3 is 47.2 Å². The summed E-state index contributed by atoms with van der Waals surface area (Å²) in [7, 11) is -5.02. The minimum absolute atomic E-state index is 0.0625. The van der Waals surface area contributed by atoms with Crippen LogP contribution in [-0.2, 0) is 40.3 Å². The van der Waals surface area contributed by atoms with Crippen molar-refractivity contribution in [2.24, 2.45) is 21.6 Å². The number of piperidine rings is 1. The van der Waals surface area contributed by atoms with Gasteiger partial charge in [0.15, 0.2) is 16.9 Å². The maximum Gasteiger partial charge on any atom is 0.418 e. The molecule has 2 amide bonds. The lowest BCUT2D eigenvalue weighted by Crippen LogP contribution is -2.58. The summed E-state index contributed by atoms with van der Waals surface area (Å²) in [5, 5.41) is 25.6. The quantitative estimate of drug-likeness (QED) is 0.0407. The Kier molecular flexibility index (Phi) is 19.0. The maximum absolute atomic E-state index is 13.5. The number of oxime groups is 1. The number of amides is 2. The molecule has 2 aromatic rings. The number of aliphatic imine (C=N–C) groups is 1. The number of carbonyl (C=O) groups excluding carboxylic acids is 2. The second-order valence-electron chi connectivity index (χ2n) is 13.2. The molecule has 0 spiro atoms. The Morgan fingerprint density at radius 3 is 2.43 bits per heavy atom. The van der Waals surface area contributed by atoms with Crippen LogP contribution in [0.15, 0.2) is 33.7 Å². The average molecular weight is 830 g/mol. The van der Waals surface area contributed by atoms with Gasteiger partial charge in [-0.2, -0.15) is 13.5 Å². The van der Waals surface area contributed by atoms with Gasteiger partial charge in [0.05, 0.1) is 23.7 Å². The molecule has 0 saturated carbocycles. The van der Waals surface area contributed by atoms with E-state index in [4.69, 9.17) is 46.2 Å². The number of nitrogens with two attached hydrogens (primary N) is 3. The molecule has 1 aromatic heterocycles. The number of aryl methyl sites for hydroxylation is 1. The molecular weight excluding hydrogens is 775 g/mol. The minimum Gasteiger partial charge on any atom is -0.486 e. The number of aromatic nitrogens is 1. The molecule has 314 valence electrons. The first-order chi connectivity index (χ1) is 26.4. The van der Waals surface area contributed by atoms with Crippen molar-refractivity contribution in [3.05, 3.63) is 40.4 Å². The van der Waals surface area contributed by atoms with E-state index in [0.717, 1.165) is 48.4 Å². The van der Waals surface area contributed by atoms with E-state index in [9.17, 15) is 23.1 Å². The summed E-state index contributed by atoms with van der Waals surface area (Å²) in [6.07, 6.45) is 1.45. The van der Waals surface area contributed by atoms with Crippen LogP contribution in [0, 0.1) is 0 Å². The number of amidine groups is 1. The topological polar surface area (TPSA) is 308 Å². The highest BCUT2D eigenvalue weighted by Gasteiger charge is 2.38. The predicted molar refractivity (Wildman–Crippen MR) is 210 cm³/mol. The average Bonchev–Trinajstić information content (AvgIpc) is 3.60.